The summed E-state index contributed by atoms with van der Waals surface area (Å²) in [6.07, 6.45) is 8.24. The van der Waals surface area contributed by atoms with Crippen LogP contribution in [0.1, 0.15) is 14.3 Å². The number of dihydropyridines is 1. The van der Waals surface area contributed by atoms with Gasteiger partial charge in [-0.1, -0.05) is 42.5 Å². The zero-order valence-electron chi connectivity index (χ0n) is 9.48. The summed E-state index contributed by atoms with van der Waals surface area (Å²) >= 11 is 0. The molecule has 1 heterocycles. The Kier molecular flexibility index (Phi) is 4.57. The monoisotopic (exact) mass is 199 g/mol. The number of benzene rings is 1. The summed E-state index contributed by atoms with van der Waals surface area (Å²) in [4.78, 5) is 0. The molecule has 0 fully saturated rings. The molecule has 0 radical (unpaired) electrons. The van der Waals surface area contributed by atoms with Gasteiger partial charge in [-0.2, -0.15) is 0 Å². The third kappa shape index (κ3) is 2.87. The Balaban J connectivity index is 0. The van der Waals surface area contributed by atoms with Crippen LogP contribution in [0.3, 0.4) is 0 Å². The van der Waals surface area contributed by atoms with Crippen molar-refractivity contribution in [3.8, 4) is 0 Å². The molecule has 64 valence electrons. The minimum atomic E-state index is 0. The molecular formula is C11H13CaN. The molecular weight excluding hydrogens is 186 g/mol. The molecule has 0 aliphatic carbocycles. The van der Waals surface area contributed by atoms with Crippen molar-refractivity contribution < 1.29 is 2.85 Å². The predicted molar refractivity (Wildman–Crippen MR) is 58.6 cm³/mol. The minimum Gasteiger partial charge on any atom is -1.00 e. The van der Waals surface area contributed by atoms with Gasteiger partial charge in [-0.25, -0.2) is 0 Å². The van der Waals surface area contributed by atoms with E-state index < -0.39 is 0 Å². The van der Waals surface area contributed by atoms with Crippen LogP contribution in [-0.2, 0) is 0 Å². The van der Waals surface area contributed by atoms with E-state index >= 15 is 0 Å². The second-order valence-electron chi connectivity index (χ2n) is 2.82. The Labute approximate surface area is 112 Å². The fraction of sp³-hybridized carbons (Fsp3) is 0.0909. The van der Waals surface area contributed by atoms with Crippen molar-refractivity contribution in [3.05, 3.63) is 60.4 Å². The maximum atomic E-state index is 3.02. The molecule has 1 aliphatic rings. The Morgan fingerprint density at radius 3 is 2.23 bits per heavy atom. The molecule has 1 aliphatic heterocycles. The van der Waals surface area contributed by atoms with Gasteiger partial charge in [0.05, 0.1) is 0 Å². The zero-order valence-corrected chi connectivity index (χ0v) is 9.69. The van der Waals surface area contributed by atoms with E-state index in [0.717, 1.165) is 0 Å². The van der Waals surface area contributed by atoms with Crippen LogP contribution < -0.4 is 5.32 Å². The second kappa shape index (κ2) is 5.48. The van der Waals surface area contributed by atoms with Crippen molar-refractivity contribution in [3.63, 3.8) is 0 Å². The first kappa shape index (κ1) is 10.8. The molecule has 1 aromatic carbocycles. The third-order valence-electron chi connectivity index (χ3n) is 1.98. The third-order valence-corrected chi connectivity index (χ3v) is 1.98. The van der Waals surface area contributed by atoms with E-state index in [9.17, 15) is 0 Å². The summed E-state index contributed by atoms with van der Waals surface area (Å²) < 4.78 is 0. The molecule has 2 heteroatoms. The fourth-order valence-corrected chi connectivity index (χ4v) is 1.34. The molecule has 0 amide bonds. The van der Waals surface area contributed by atoms with E-state index in [0.29, 0.717) is 5.92 Å². The van der Waals surface area contributed by atoms with E-state index in [1.165, 1.54) is 5.56 Å². The van der Waals surface area contributed by atoms with Crippen molar-refractivity contribution >= 4 is 37.7 Å². The molecule has 0 saturated heterocycles. The van der Waals surface area contributed by atoms with E-state index in [4.69, 9.17) is 0 Å². The topological polar surface area (TPSA) is 12.0 Å². The summed E-state index contributed by atoms with van der Waals surface area (Å²) in [5, 5.41) is 3.02. The number of nitrogens with one attached hydrogen (secondary N) is 1. The number of hydrogen-bond donors (Lipinski definition) is 1. The van der Waals surface area contributed by atoms with Crippen molar-refractivity contribution in [2.45, 2.75) is 5.92 Å². The standard InChI is InChI=1S/C11H11N.Ca.2H/c1-2-4-10(5-3-1)11-6-8-12-9-7-11;;;/h1-9,11-12H;;;/q;+2;2*-1. The van der Waals surface area contributed by atoms with E-state index in [1.807, 2.05) is 18.5 Å². The Morgan fingerprint density at radius 1 is 1.00 bits per heavy atom. The zero-order chi connectivity index (χ0) is 8.23. The molecule has 13 heavy (non-hydrogen) atoms. The summed E-state index contributed by atoms with van der Waals surface area (Å²) in [6, 6.07) is 10.5. The van der Waals surface area contributed by atoms with Crippen LogP contribution >= 0.6 is 0 Å². The van der Waals surface area contributed by atoms with E-state index in [2.05, 4.69) is 41.7 Å². The van der Waals surface area contributed by atoms with Crippen molar-refractivity contribution in [2.75, 3.05) is 0 Å². The predicted octanol–water partition coefficient (Wildman–Crippen LogP) is 2.25. The van der Waals surface area contributed by atoms with E-state index in [1.54, 1.807) is 0 Å². The Morgan fingerprint density at radius 2 is 1.62 bits per heavy atom. The van der Waals surface area contributed by atoms with Crippen LogP contribution in [0.5, 0.6) is 0 Å². The van der Waals surface area contributed by atoms with Gasteiger partial charge in [0.15, 0.2) is 0 Å². The van der Waals surface area contributed by atoms with Crippen LogP contribution in [0, 0.1) is 0 Å². The maximum Gasteiger partial charge on any atom is 2.00 e. The van der Waals surface area contributed by atoms with Crippen LogP contribution in [0.2, 0.25) is 0 Å². The quantitative estimate of drug-likeness (QED) is 0.684. The first-order valence-corrected chi connectivity index (χ1v) is 4.11. The molecule has 1 nitrogen and oxygen atoms in total. The van der Waals surface area contributed by atoms with Crippen LogP contribution in [0.15, 0.2) is 54.9 Å². The first-order valence-electron chi connectivity index (χ1n) is 4.11. The largest absolute Gasteiger partial charge is 2.00 e. The number of rotatable bonds is 1. The molecule has 0 unspecified atom stereocenters. The molecule has 0 bridgehead atoms. The Hall–Kier alpha value is -0.240. The average molecular weight is 199 g/mol. The van der Waals surface area contributed by atoms with Gasteiger partial charge in [0.1, 0.15) is 0 Å². The van der Waals surface area contributed by atoms with Crippen LogP contribution in [0.4, 0.5) is 0 Å². The van der Waals surface area contributed by atoms with Gasteiger partial charge in [0, 0.05) is 5.92 Å². The summed E-state index contributed by atoms with van der Waals surface area (Å²) in [6.45, 7) is 0. The van der Waals surface area contributed by atoms with E-state index in [-0.39, 0.29) is 40.6 Å². The minimum absolute atomic E-state index is 0. The normalized spacial score (nSPS) is 14.8. The molecule has 0 aromatic heterocycles. The summed E-state index contributed by atoms with van der Waals surface area (Å²) in [5.41, 5.74) is 1.34. The molecule has 0 saturated carbocycles. The smallest absolute Gasteiger partial charge is 1.00 e. The summed E-state index contributed by atoms with van der Waals surface area (Å²) in [7, 11) is 0. The van der Waals surface area contributed by atoms with Gasteiger partial charge in [-0.3, -0.25) is 0 Å². The molecule has 1 aromatic rings. The molecule has 0 atom stereocenters. The second-order valence-corrected chi connectivity index (χ2v) is 2.82. The number of hydrogen-bond acceptors (Lipinski definition) is 1. The van der Waals surface area contributed by atoms with Crippen LogP contribution in [-0.4, -0.2) is 37.7 Å². The molecule has 2 rings (SSSR count). The fourth-order valence-electron chi connectivity index (χ4n) is 1.34. The Bertz CT molecular complexity index is 300. The SMILES string of the molecule is C1=CC(c2ccccc2)C=CN1.[Ca+2].[H-].[H-]. The van der Waals surface area contributed by atoms with Gasteiger partial charge in [-0.15, -0.1) is 0 Å². The van der Waals surface area contributed by atoms with Crippen molar-refractivity contribution in [2.24, 2.45) is 0 Å². The van der Waals surface area contributed by atoms with Gasteiger partial charge in [0.2, 0.25) is 0 Å². The average Bonchev–Trinajstić information content (AvgIpc) is 2.21. The van der Waals surface area contributed by atoms with Gasteiger partial charge >= 0.3 is 37.7 Å². The maximum absolute atomic E-state index is 3.02. The number of allylic oxidation sites excluding steroid dienone is 2. The van der Waals surface area contributed by atoms with Crippen molar-refractivity contribution in [1.29, 1.82) is 0 Å². The van der Waals surface area contributed by atoms with Gasteiger partial charge < -0.3 is 8.17 Å². The molecule has 1 N–H and O–H groups in total. The van der Waals surface area contributed by atoms with Gasteiger partial charge in [-0.05, 0) is 18.0 Å². The molecule has 0 spiro atoms. The summed E-state index contributed by atoms with van der Waals surface area (Å²) in [5.74, 6) is 0.437. The van der Waals surface area contributed by atoms with Crippen LogP contribution in [0.25, 0.3) is 0 Å². The van der Waals surface area contributed by atoms with Gasteiger partial charge in [0.25, 0.3) is 0 Å². The van der Waals surface area contributed by atoms with Crippen molar-refractivity contribution in [1.82, 2.24) is 5.32 Å². The first-order chi connectivity index (χ1) is 5.97.